The number of piperazine rings is 1. The third-order valence-corrected chi connectivity index (χ3v) is 6.45. The van der Waals surface area contributed by atoms with Crippen LogP contribution in [0.3, 0.4) is 0 Å². The highest BCUT2D eigenvalue weighted by molar-refractivity contribution is 7.89. The van der Waals surface area contributed by atoms with Gasteiger partial charge in [-0.2, -0.15) is 4.31 Å². The first-order valence-corrected chi connectivity index (χ1v) is 11.8. The fourth-order valence-electron chi connectivity index (χ4n) is 3.08. The van der Waals surface area contributed by atoms with Crippen LogP contribution in [-0.2, 0) is 14.8 Å². The van der Waals surface area contributed by atoms with Gasteiger partial charge in [0.25, 0.3) is 0 Å². The van der Waals surface area contributed by atoms with E-state index in [0.717, 1.165) is 0 Å². The van der Waals surface area contributed by atoms with Gasteiger partial charge in [-0.3, -0.25) is 4.99 Å². The molecule has 1 atom stereocenters. The number of hydrogen-bond donors (Lipinski definition) is 1. The number of nitrogens with one attached hydrogen (secondary N) is 1. The number of sulfonamides is 1. The molecule has 0 bridgehead atoms. The highest BCUT2D eigenvalue weighted by Gasteiger charge is 2.28. The van der Waals surface area contributed by atoms with Crippen LogP contribution in [0.4, 0.5) is 4.39 Å². The molecule has 1 aromatic rings. The Kier molecular flexibility index (Phi) is 9.32. The standard InChI is InChI=1S/C20H33FN4O4S/c1-16(2)28-12-13-30(26,27)25-10-8-24(9-11-25)20(22-4)23-15-17(3)29-19-7-5-6-18(21)14-19/h5-7,14,16-17H,8-13,15H2,1-4H3,(H,22,23). The van der Waals surface area contributed by atoms with E-state index < -0.39 is 10.0 Å². The van der Waals surface area contributed by atoms with Crippen LogP contribution in [0.5, 0.6) is 5.75 Å². The van der Waals surface area contributed by atoms with E-state index in [4.69, 9.17) is 9.47 Å². The van der Waals surface area contributed by atoms with Crippen LogP contribution in [0, 0.1) is 5.82 Å². The van der Waals surface area contributed by atoms with Gasteiger partial charge in [0, 0.05) is 39.3 Å². The van der Waals surface area contributed by atoms with Crippen molar-refractivity contribution < 1.29 is 22.3 Å². The Balaban J connectivity index is 1.79. The van der Waals surface area contributed by atoms with Crippen LogP contribution < -0.4 is 10.1 Å². The molecule has 10 heteroatoms. The maximum atomic E-state index is 13.3. The van der Waals surface area contributed by atoms with Gasteiger partial charge in [-0.25, -0.2) is 12.8 Å². The molecule has 1 unspecified atom stereocenters. The lowest BCUT2D eigenvalue weighted by Gasteiger charge is -2.36. The largest absolute Gasteiger partial charge is 0.489 e. The summed E-state index contributed by atoms with van der Waals surface area (Å²) in [4.78, 5) is 6.31. The van der Waals surface area contributed by atoms with E-state index in [1.807, 2.05) is 25.7 Å². The van der Waals surface area contributed by atoms with E-state index in [1.54, 1.807) is 19.2 Å². The van der Waals surface area contributed by atoms with Crippen LogP contribution in [0.25, 0.3) is 0 Å². The van der Waals surface area contributed by atoms with E-state index >= 15 is 0 Å². The molecule has 30 heavy (non-hydrogen) atoms. The molecular formula is C20H33FN4O4S. The summed E-state index contributed by atoms with van der Waals surface area (Å²) in [7, 11) is -1.64. The molecule has 170 valence electrons. The molecule has 1 fully saturated rings. The Hall–Kier alpha value is -1.91. The molecule has 0 spiro atoms. The van der Waals surface area contributed by atoms with Gasteiger partial charge in [0.1, 0.15) is 17.7 Å². The number of halogens is 1. The molecular weight excluding hydrogens is 411 g/mol. The molecule has 1 aromatic carbocycles. The third-order valence-electron chi connectivity index (χ3n) is 4.62. The van der Waals surface area contributed by atoms with Gasteiger partial charge in [0.05, 0.1) is 25.0 Å². The van der Waals surface area contributed by atoms with E-state index in [0.29, 0.717) is 44.4 Å². The van der Waals surface area contributed by atoms with Crippen molar-refractivity contribution in [3.8, 4) is 5.75 Å². The van der Waals surface area contributed by atoms with Crippen molar-refractivity contribution in [1.82, 2.24) is 14.5 Å². The van der Waals surface area contributed by atoms with Gasteiger partial charge in [0.2, 0.25) is 10.0 Å². The zero-order valence-electron chi connectivity index (χ0n) is 18.2. The highest BCUT2D eigenvalue weighted by atomic mass is 32.2. The van der Waals surface area contributed by atoms with Gasteiger partial charge in [-0.05, 0) is 32.9 Å². The normalized spacial score (nSPS) is 17.3. The van der Waals surface area contributed by atoms with Crippen LogP contribution in [0.2, 0.25) is 0 Å². The highest BCUT2D eigenvalue weighted by Crippen LogP contribution is 2.14. The summed E-state index contributed by atoms with van der Waals surface area (Å²) in [5.41, 5.74) is 0. The Morgan fingerprint density at radius 1 is 1.23 bits per heavy atom. The molecule has 2 rings (SSSR count). The predicted octanol–water partition coefficient (Wildman–Crippen LogP) is 1.54. The van der Waals surface area contributed by atoms with Crippen LogP contribution in [0.15, 0.2) is 29.3 Å². The summed E-state index contributed by atoms with van der Waals surface area (Å²) in [6, 6.07) is 6.03. The molecule has 1 saturated heterocycles. The maximum Gasteiger partial charge on any atom is 0.216 e. The lowest BCUT2D eigenvalue weighted by atomic mass is 10.3. The van der Waals surface area contributed by atoms with Gasteiger partial charge >= 0.3 is 0 Å². The van der Waals surface area contributed by atoms with Crippen LogP contribution in [-0.4, -0.2) is 87.9 Å². The number of aliphatic imine (C=N–C) groups is 1. The number of guanidine groups is 1. The van der Waals surface area contributed by atoms with Crippen molar-refractivity contribution in [3.05, 3.63) is 30.1 Å². The van der Waals surface area contributed by atoms with Crippen molar-refractivity contribution in [3.63, 3.8) is 0 Å². The minimum absolute atomic E-state index is 0.00686. The SMILES string of the molecule is CN=C(NCC(C)Oc1cccc(F)c1)N1CCN(S(=O)(=O)CCOC(C)C)CC1. The van der Waals surface area contributed by atoms with E-state index in [1.165, 1.54) is 16.4 Å². The predicted molar refractivity (Wildman–Crippen MR) is 116 cm³/mol. The van der Waals surface area contributed by atoms with Crippen molar-refractivity contribution in [2.45, 2.75) is 33.0 Å². The average Bonchev–Trinajstić information content (AvgIpc) is 2.68. The van der Waals surface area contributed by atoms with E-state index in [9.17, 15) is 12.8 Å². The molecule has 0 radical (unpaired) electrons. The molecule has 8 nitrogen and oxygen atoms in total. The quantitative estimate of drug-likeness (QED) is 0.460. The minimum atomic E-state index is -3.33. The third kappa shape index (κ3) is 7.73. The summed E-state index contributed by atoms with van der Waals surface area (Å²) in [5, 5.41) is 3.24. The van der Waals surface area contributed by atoms with Crippen LogP contribution in [0.1, 0.15) is 20.8 Å². The second-order valence-electron chi connectivity index (χ2n) is 7.44. The molecule has 0 aromatic heterocycles. The summed E-state index contributed by atoms with van der Waals surface area (Å²) in [6.45, 7) is 8.23. The van der Waals surface area contributed by atoms with E-state index in [2.05, 4.69) is 10.3 Å². The lowest BCUT2D eigenvalue weighted by Crippen LogP contribution is -2.55. The topological polar surface area (TPSA) is 83.5 Å². The fraction of sp³-hybridized carbons (Fsp3) is 0.650. The fourth-order valence-corrected chi connectivity index (χ4v) is 4.36. The molecule has 1 aliphatic rings. The average molecular weight is 445 g/mol. The molecule has 0 aliphatic carbocycles. The summed E-state index contributed by atoms with van der Waals surface area (Å²) in [5.74, 6) is 0.809. The molecule has 1 N–H and O–H groups in total. The van der Waals surface area contributed by atoms with Gasteiger partial charge in [0.15, 0.2) is 5.96 Å². The Morgan fingerprint density at radius 3 is 2.53 bits per heavy atom. The Morgan fingerprint density at radius 2 is 1.93 bits per heavy atom. The van der Waals surface area contributed by atoms with Crippen molar-refractivity contribution in [2.75, 3.05) is 52.1 Å². The number of hydrogen-bond acceptors (Lipinski definition) is 5. The first-order valence-electron chi connectivity index (χ1n) is 10.2. The number of benzene rings is 1. The zero-order chi connectivity index (χ0) is 22.1. The first kappa shape index (κ1) is 24.4. The number of nitrogens with zero attached hydrogens (tertiary/aromatic N) is 3. The lowest BCUT2D eigenvalue weighted by molar-refractivity contribution is 0.0904. The second-order valence-corrected chi connectivity index (χ2v) is 9.52. The van der Waals surface area contributed by atoms with Crippen molar-refractivity contribution >= 4 is 16.0 Å². The Bertz CT molecular complexity index is 796. The molecule has 0 saturated carbocycles. The second kappa shape index (κ2) is 11.5. The maximum absolute atomic E-state index is 13.3. The van der Waals surface area contributed by atoms with Gasteiger partial charge in [-0.15, -0.1) is 0 Å². The number of ether oxygens (including phenoxy) is 2. The van der Waals surface area contributed by atoms with Gasteiger partial charge < -0.3 is 19.7 Å². The summed E-state index contributed by atoms with van der Waals surface area (Å²) < 4.78 is 50.8. The Labute approximate surface area is 179 Å². The number of rotatable bonds is 9. The minimum Gasteiger partial charge on any atom is -0.489 e. The summed E-state index contributed by atoms with van der Waals surface area (Å²) >= 11 is 0. The van der Waals surface area contributed by atoms with Crippen molar-refractivity contribution in [1.29, 1.82) is 0 Å². The zero-order valence-corrected chi connectivity index (χ0v) is 19.0. The molecule has 0 amide bonds. The molecule has 1 heterocycles. The van der Waals surface area contributed by atoms with Crippen molar-refractivity contribution in [2.24, 2.45) is 4.99 Å². The van der Waals surface area contributed by atoms with Crippen LogP contribution >= 0.6 is 0 Å². The molecule has 1 aliphatic heterocycles. The first-order chi connectivity index (χ1) is 14.2. The monoisotopic (exact) mass is 444 g/mol. The van der Waals surface area contributed by atoms with E-state index in [-0.39, 0.29) is 30.4 Å². The van der Waals surface area contributed by atoms with Gasteiger partial charge in [-0.1, -0.05) is 6.07 Å². The smallest absolute Gasteiger partial charge is 0.216 e. The summed E-state index contributed by atoms with van der Waals surface area (Å²) in [6.07, 6.45) is -0.190.